The van der Waals surface area contributed by atoms with Crippen LogP contribution in [-0.2, 0) is 16.0 Å². The van der Waals surface area contributed by atoms with Gasteiger partial charge >= 0.3 is 0 Å². The van der Waals surface area contributed by atoms with Crippen LogP contribution in [0, 0.1) is 0 Å². The normalized spacial score (nSPS) is 10.5. The zero-order valence-electron chi connectivity index (χ0n) is 13.2. The van der Waals surface area contributed by atoms with Gasteiger partial charge in [0, 0.05) is 18.0 Å². The summed E-state index contributed by atoms with van der Waals surface area (Å²) in [6.07, 6.45) is 0.236. The molecule has 2 amide bonds. The second-order valence-corrected chi connectivity index (χ2v) is 7.82. The molecule has 0 saturated heterocycles. The van der Waals surface area contributed by atoms with Crippen molar-refractivity contribution < 1.29 is 9.59 Å². The number of halogens is 1. The number of thiazole rings is 1. The Labute approximate surface area is 157 Å². The molecule has 2 heterocycles. The van der Waals surface area contributed by atoms with Crippen LogP contribution >= 0.6 is 34.3 Å². The number of hydrogen-bond donors (Lipinski definition) is 2. The lowest BCUT2D eigenvalue weighted by Crippen LogP contribution is -2.14. The second-order valence-electron chi connectivity index (χ2n) is 5.24. The molecule has 3 rings (SSSR count). The molecule has 128 valence electrons. The summed E-state index contributed by atoms with van der Waals surface area (Å²) in [7, 11) is 0. The second kappa shape index (κ2) is 7.77. The van der Waals surface area contributed by atoms with Crippen LogP contribution in [0.15, 0.2) is 41.8 Å². The van der Waals surface area contributed by atoms with Crippen LogP contribution in [0.4, 0.5) is 10.8 Å². The van der Waals surface area contributed by atoms with Crippen LogP contribution in [0.5, 0.6) is 0 Å². The summed E-state index contributed by atoms with van der Waals surface area (Å²) in [5.41, 5.74) is 2.36. The van der Waals surface area contributed by atoms with E-state index in [4.69, 9.17) is 11.6 Å². The first kappa shape index (κ1) is 17.6. The van der Waals surface area contributed by atoms with Gasteiger partial charge in [-0.15, -0.1) is 22.7 Å². The SMILES string of the molecule is CC(=O)Nc1ccc(CC(=O)Nc2nc(-c3ccc(Cl)s3)cs2)cc1. The van der Waals surface area contributed by atoms with Gasteiger partial charge in [-0.2, -0.15) is 0 Å². The van der Waals surface area contributed by atoms with Crippen molar-refractivity contribution in [3.8, 4) is 10.6 Å². The Balaban J connectivity index is 1.59. The van der Waals surface area contributed by atoms with Gasteiger partial charge in [0.05, 0.1) is 21.3 Å². The predicted molar refractivity (Wildman–Crippen MR) is 104 cm³/mol. The van der Waals surface area contributed by atoms with Crippen molar-refractivity contribution in [1.82, 2.24) is 4.98 Å². The number of nitrogens with zero attached hydrogens (tertiary/aromatic N) is 1. The first-order valence-electron chi connectivity index (χ1n) is 7.37. The van der Waals surface area contributed by atoms with E-state index >= 15 is 0 Å². The molecule has 5 nitrogen and oxygen atoms in total. The molecular formula is C17H14ClN3O2S2. The molecule has 0 bridgehead atoms. The number of carbonyl (C=O) groups excluding carboxylic acids is 2. The van der Waals surface area contributed by atoms with Gasteiger partial charge in [0.25, 0.3) is 0 Å². The van der Waals surface area contributed by atoms with Crippen molar-refractivity contribution in [2.24, 2.45) is 0 Å². The topological polar surface area (TPSA) is 71.1 Å². The molecule has 1 aromatic carbocycles. The highest BCUT2D eigenvalue weighted by Crippen LogP contribution is 2.32. The van der Waals surface area contributed by atoms with Crippen molar-refractivity contribution in [2.75, 3.05) is 10.6 Å². The van der Waals surface area contributed by atoms with Gasteiger partial charge in [-0.25, -0.2) is 4.98 Å². The standard InChI is InChI=1S/C17H14ClN3O2S2/c1-10(22)19-12-4-2-11(3-5-12)8-16(23)21-17-20-13(9-24-17)14-6-7-15(18)25-14/h2-7,9H,8H2,1H3,(H,19,22)(H,20,21,23). The molecule has 0 radical (unpaired) electrons. The van der Waals surface area contributed by atoms with Crippen molar-refractivity contribution in [3.63, 3.8) is 0 Å². The lowest BCUT2D eigenvalue weighted by molar-refractivity contribution is -0.116. The maximum atomic E-state index is 12.2. The number of thiophene rings is 1. The number of hydrogen-bond acceptors (Lipinski definition) is 5. The highest BCUT2D eigenvalue weighted by Gasteiger charge is 2.10. The minimum atomic E-state index is -0.141. The Morgan fingerprint density at radius 1 is 1.12 bits per heavy atom. The van der Waals surface area contributed by atoms with Crippen molar-refractivity contribution in [3.05, 3.63) is 51.7 Å². The van der Waals surface area contributed by atoms with Crippen molar-refractivity contribution >= 4 is 56.9 Å². The first-order valence-corrected chi connectivity index (χ1v) is 9.44. The number of amides is 2. The largest absolute Gasteiger partial charge is 0.326 e. The summed E-state index contributed by atoms with van der Waals surface area (Å²) >= 11 is 8.75. The van der Waals surface area contributed by atoms with Crippen molar-refractivity contribution in [1.29, 1.82) is 0 Å². The van der Waals surface area contributed by atoms with E-state index in [9.17, 15) is 9.59 Å². The number of rotatable bonds is 5. The summed E-state index contributed by atoms with van der Waals surface area (Å²) < 4.78 is 0.705. The van der Waals surface area contributed by atoms with E-state index in [1.54, 1.807) is 12.1 Å². The van der Waals surface area contributed by atoms with Gasteiger partial charge in [-0.05, 0) is 29.8 Å². The third kappa shape index (κ3) is 4.88. The maximum Gasteiger partial charge on any atom is 0.230 e. The van der Waals surface area contributed by atoms with E-state index in [-0.39, 0.29) is 18.2 Å². The summed E-state index contributed by atoms with van der Waals surface area (Å²) in [5, 5.41) is 7.94. The van der Waals surface area contributed by atoms with Crippen LogP contribution in [0.3, 0.4) is 0 Å². The smallest absolute Gasteiger partial charge is 0.230 e. The molecule has 0 fully saturated rings. The van der Waals surface area contributed by atoms with Gasteiger partial charge < -0.3 is 10.6 Å². The highest BCUT2D eigenvalue weighted by atomic mass is 35.5. The predicted octanol–water partition coefficient (Wildman–Crippen LogP) is 4.66. The molecule has 2 N–H and O–H groups in total. The average molecular weight is 392 g/mol. The minimum absolute atomic E-state index is 0.128. The fraction of sp³-hybridized carbons (Fsp3) is 0.118. The summed E-state index contributed by atoms with van der Waals surface area (Å²) in [6, 6.07) is 10.9. The van der Waals surface area contributed by atoms with Crippen LogP contribution in [0.1, 0.15) is 12.5 Å². The van der Waals surface area contributed by atoms with E-state index in [0.717, 1.165) is 16.1 Å². The van der Waals surface area contributed by atoms with Gasteiger partial charge in [0.2, 0.25) is 11.8 Å². The summed E-state index contributed by atoms with van der Waals surface area (Å²) in [5.74, 6) is -0.269. The fourth-order valence-corrected chi connectivity index (χ4v) is 3.96. The fourth-order valence-electron chi connectivity index (χ4n) is 2.15. The van der Waals surface area contributed by atoms with Crippen LogP contribution in [0.2, 0.25) is 4.34 Å². The number of carbonyl (C=O) groups is 2. The Kier molecular flexibility index (Phi) is 5.47. The van der Waals surface area contributed by atoms with Crippen LogP contribution < -0.4 is 10.6 Å². The molecule has 0 saturated carbocycles. The Bertz CT molecular complexity index is 903. The van der Waals surface area contributed by atoms with E-state index in [2.05, 4.69) is 15.6 Å². The van der Waals surface area contributed by atoms with Gasteiger partial charge in [-0.1, -0.05) is 23.7 Å². The zero-order chi connectivity index (χ0) is 17.8. The lowest BCUT2D eigenvalue weighted by atomic mass is 10.1. The Morgan fingerprint density at radius 2 is 1.88 bits per heavy atom. The molecule has 0 aliphatic carbocycles. The zero-order valence-corrected chi connectivity index (χ0v) is 15.6. The summed E-state index contributed by atoms with van der Waals surface area (Å²) in [4.78, 5) is 28.5. The molecule has 25 heavy (non-hydrogen) atoms. The third-order valence-electron chi connectivity index (χ3n) is 3.22. The van der Waals surface area contributed by atoms with E-state index in [0.29, 0.717) is 15.2 Å². The molecule has 0 atom stereocenters. The maximum absolute atomic E-state index is 12.2. The lowest BCUT2D eigenvalue weighted by Gasteiger charge is -2.05. The van der Waals surface area contributed by atoms with Gasteiger partial charge in [0.15, 0.2) is 5.13 Å². The monoisotopic (exact) mass is 391 g/mol. The highest BCUT2D eigenvalue weighted by molar-refractivity contribution is 7.20. The average Bonchev–Trinajstić information content (AvgIpc) is 3.17. The van der Waals surface area contributed by atoms with Gasteiger partial charge in [0.1, 0.15) is 0 Å². The molecule has 3 aromatic rings. The number of benzene rings is 1. The molecule has 0 unspecified atom stereocenters. The molecule has 0 aliphatic rings. The third-order valence-corrected chi connectivity index (χ3v) is 5.23. The van der Waals surface area contributed by atoms with Gasteiger partial charge in [-0.3, -0.25) is 9.59 Å². The summed E-state index contributed by atoms with van der Waals surface area (Å²) in [6.45, 7) is 1.45. The molecule has 0 spiro atoms. The van der Waals surface area contributed by atoms with Crippen molar-refractivity contribution in [2.45, 2.75) is 13.3 Å². The molecule has 2 aromatic heterocycles. The molecular weight excluding hydrogens is 378 g/mol. The number of nitrogens with one attached hydrogen (secondary N) is 2. The molecule has 0 aliphatic heterocycles. The van der Waals surface area contributed by atoms with E-state index < -0.39 is 0 Å². The van der Waals surface area contributed by atoms with E-state index in [1.165, 1.54) is 29.6 Å². The van der Waals surface area contributed by atoms with Crippen LogP contribution in [0.25, 0.3) is 10.6 Å². The minimum Gasteiger partial charge on any atom is -0.326 e. The molecule has 8 heteroatoms. The number of anilines is 2. The first-order chi connectivity index (χ1) is 12.0. The van der Waals surface area contributed by atoms with Crippen LogP contribution in [-0.4, -0.2) is 16.8 Å². The quantitative estimate of drug-likeness (QED) is 0.664. The Hall–Kier alpha value is -2.22. The Morgan fingerprint density at radius 3 is 2.52 bits per heavy atom. The number of aromatic nitrogens is 1. The van der Waals surface area contributed by atoms with E-state index in [1.807, 2.05) is 29.6 Å².